The molecule has 0 heterocycles. The summed E-state index contributed by atoms with van der Waals surface area (Å²) in [7, 11) is 0. The normalized spacial score (nSPS) is 11.4. The van der Waals surface area contributed by atoms with Gasteiger partial charge in [0.05, 0.1) is 23.2 Å². The van der Waals surface area contributed by atoms with Gasteiger partial charge in [-0.05, 0) is 35.6 Å². The van der Waals surface area contributed by atoms with Gasteiger partial charge in [0.1, 0.15) is 0 Å². The van der Waals surface area contributed by atoms with E-state index < -0.39 is 40.6 Å². The number of benzene rings is 2. The molecular weight excluding hydrogens is 405 g/mol. The summed E-state index contributed by atoms with van der Waals surface area (Å²) in [5.74, 6) is -1.66. The van der Waals surface area contributed by atoms with Gasteiger partial charge in [0, 0.05) is 16.8 Å². The first-order chi connectivity index (χ1) is 13.1. The number of anilines is 1. The van der Waals surface area contributed by atoms with Gasteiger partial charge in [0.2, 0.25) is 0 Å². The summed E-state index contributed by atoms with van der Waals surface area (Å²) in [6.45, 7) is -0.404. The molecule has 0 aromatic heterocycles. The molecule has 0 spiro atoms. The molecule has 2 N–H and O–H groups in total. The van der Waals surface area contributed by atoms with Crippen molar-refractivity contribution in [2.24, 2.45) is 5.10 Å². The average Bonchev–Trinajstić information content (AvgIpc) is 2.62. The van der Waals surface area contributed by atoms with Gasteiger partial charge in [-0.15, -0.1) is 0 Å². The number of alkyl halides is 3. The Hall–Kier alpha value is -3.34. The van der Waals surface area contributed by atoms with E-state index in [-0.39, 0.29) is 16.3 Å². The molecule has 0 fully saturated rings. The van der Waals surface area contributed by atoms with Crippen molar-refractivity contribution in [2.45, 2.75) is 6.18 Å². The molecule has 0 aliphatic rings. The number of nitrogens with one attached hydrogen (secondary N) is 2. The molecule has 0 aliphatic heterocycles. The van der Waals surface area contributed by atoms with Crippen molar-refractivity contribution in [3.63, 3.8) is 0 Å². The van der Waals surface area contributed by atoms with E-state index in [2.05, 4.69) is 10.4 Å². The van der Waals surface area contributed by atoms with Crippen LogP contribution in [0.3, 0.4) is 0 Å². The number of rotatable bonds is 6. The third kappa shape index (κ3) is 5.58. The fourth-order valence-electron chi connectivity index (χ4n) is 2.03. The van der Waals surface area contributed by atoms with Crippen LogP contribution in [0.15, 0.2) is 41.5 Å². The van der Waals surface area contributed by atoms with E-state index in [9.17, 15) is 33.2 Å². The predicted molar refractivity (Wildman–Crippen MR) is 93.2 cm³/mol. The van der Waals surface area contributed by atoms with Crippen molar-refractivity contribution in [1.29, 1.82) is 0 Å². The maximum atomic E-state index is 12.6. The van der Waals surface area contributed by atoms with E-state index in [4.69, 9.17) is 11.6 Å². The second kappa shape index (κ2) is 8.57. The lowest BCUT2D eigenvalue weighted by atomic mass is 10.2. The minimum absolute atomic E-state index is 0.0645. The third-order valence-corrected chi connectivity index (χ3v) is 3.51. The molecule has 0 aliphatic carbocycles. The van der Waals surface area contributed by atoms with Crippen molar-refractivity contribution >= 4 is 35.1 Å². The smallest absolute Gasteiger partial charge is 0.416 e. The summed E-state index contributed by atoms with van der Waals surface area (Å²) in [6, 6.07) is 6.28. The van der Waals surface area contributed by atoms with Gasteiger partial charge in [0.15, 0.2) is 0 Å². The highest BCUT2D eigenvalue weighted by molar-refractivity contribution is 6.31. The van der Waals surface area contributed by atoms with E-state index in [0.29, 0.717) is 0 Å². The standard InChI is InChI=1S/C16H12ClF3N4O4/c17-11-4-9(15(26)13(6-11)24(27)28)7-22-23-14(25)8-21-12-3-1-2-10(5-12)16(18,19)20/h1-7,21,26H,8H2,(H,23,25)/p-1/b22-7-. The van der Waals surface area contributed by atoms with Crippen molar-refractivity contribution in [3.05, 3.63) is 62.7 Å². The SMILES string of the molecule is O=C(CNc1cccc(C(F)(F)F)c1)N/N=C\c1cc(Cl)cc([N+](=O)[O-])c1[O-]. The zero-order chi connectivity index (χ0) is 20.9. The number of nitro groups is 1. The van der Waals surface area contributed by atoms with Crippen LogP contribution in [-0.2, 0) is 11.0 Å². The molecule has 0 saturated carbocycles. The molecule has 28 heavy (non-hydrogen) atoms. The molecule has 0 radical (unpaired) electrons. The highest BCUT2D eigenvalue weighted by atomic mass is 35.5. The lowest BCUT2D eigenvalue weighted by Crippen LogP contribution is -2.26. The Bertz CT molecular complexity index is 935. The van der Waals surface area contributed by atoms with E-state index in [1.165, 1.54) is 12.1 Å². The maximum absolute atomic E-state index is 12.6. The molecule has 2 aromatic rings. The first-order valence-electron chi connectivity index (χ1n) is 7.46. The van der Waals surface area contributed by atoms with Gasteiger partial charge < -0.3 is 10.4 Å². The molecular formula is C16H11ClF3N4O4-. The minimum atomic E-state index is -4.51. The van der Waals surface area contributed by atoms with Crippen LogP contribution in [0, 0.1) is 10.1 Å². The van der Waals surface area contributed by atoms with E-state index >= 15 is 0 Å². The van der Waals surface area contributed by atoms with Gasteiger partial charge in [-0.3, -0.25) is 14.9 Å². The molecule has 0 saturated heterocycles. The van der Waals surface area contributed by atoms with Crippen LogP contribution in [0.25, 0.3) is 0 Å². The fraction of sp³-hybridized carbons (Fsp3) is 0.125. The van der Waals surface area contributed by atoms with Crippen molar-refractivity contribution in [2.75, 3.05) is 11.9 Å². The highest BCUT2D eigenvalue weighted by Gasteiger charge is 2.30. The summed E-state index contributed by atoms with van der Waals surface area (Å²) in [6.07, 6.45) is -3.64. The van der Waals surface area contributed by atoms with Gasteiger partial charge in [-0.1, -0.05) is 17.7 Å². The molecule has 1 amide bonds. The van der Waals surface area contributed by atoms with Crippen LogP contribution in [0.1, 0.15) is 11.1 Å². The number of nitrogens with zero attached hydrogens (tertiary/aromatic N) is 2. The Kier molecular flexibility index (Phi) is 6.41. The van der Waals surface area contributed by atoms with Gasteiger partial charge in [-0.2, -0.15) is 18.3 Å². The Morgan fingerprint density at radius 1 is 1.29 bits per heavy atom. The Morgan fingerprint density at radius 3 is 2.64 bits per heavy atom. The van der Waals surface area contributed by atoms with Crippen LogP contribution < -0.4 is 15.8 Å². The minimum Gasteiger partial charge on any atom is -0.867 e. The molecule has 0 atom stereocenters. The topological polar surface area (TPSA) is 120 Å². The molecule has 8 nitrogen and oxygen atoms in total. The van der Waals surface area contributed by atoms with Crippen molar-refractivity contribution in [1.82, 2.24) is 5.43 Å². The van der Waals surface area contributed by atoms with Crippen LogP contribution >= 0.6 is 11.6 Å². The van der Waals surface area contributed by atoms with Gasteiger partial charge in [-0.25, -0.2) is 5.43 Å². The monoisotopic (exact) mass is 415 g/mol. The summed E-state index contributed by atoms with van der Waals surface area (Å²) in [5, 5.41) is 28.5. The zero-order valence-corrected chi connectivity index (χ0v) is 14.5. The van der Waals surface area contributed by atoms with Gasteiger partial charge in [0.25, 0.3) is 11.6 Å². The number of nitro benzene ring substituents is 1. The fourth-order valence-corrected chi connectivity index (χ4v) is 2.25. The number of carbonyl (C=O) groups excluding carboxylic acids is 1. The molecule has 0 bridgehead atoms. The number of carbonyl (C=O) groups is 1. The second-order valence-corrected chi connectivity index (χ2v) is 5.76. The summed E-state index contributed by atoms with van der Waals surface area (Å²) in [4.78, 5) is 21.6. The summed E-state index contributed by atoms with van der Waals surface area (Å²) in [5.41, 5.74) is 0.271. The van der Waals surface area contributed by atoms with Crippen LogP contribution in [0.4, 0.5) is 24.5 Å². The lowest BCUT2D eigenvalue weighted by Gasteiger charge is -2.11. The first kappa shape index (κ1) is 21.0. The van der Waals surface area contributed by atoms with Gasteiger partial charge >= 0.3 is 6.18 Å². The van der Waals surface area contributed by atoms with Crippen molar-refractivity contribution in [3.8, 4) is 5.75 Å². The predicted octanol–water partition coefficient (Wildman–Crippen LogP) is 2.90. The number of hydrogen-bond acceptors (Lipinski definition) is 6. The molecule has 12 heteroatoms. The maximum Gasteiger partial charge on any atom is 0.416 e. The molecule has 2 rings (SSSR count). The highest BCUT2D eigenvalue weighted by Crippen LogP contribution is 2.31. The summed E-state index contributed by atoms with van der Waals surface area (Å²) >= 11 is 5.69. The van der Waals surface area contributed by atoms with Crippen LogP contribution in [0.2, 0.25) is 5.02 Å². The number of amides is 1. The number of hydrogen-bond donors (Lipinski definition) is 2. The molecule has 0 unspecified atom stereocenters. The number of halogens is 4. The lowest BCUT2D eigenvalue weighted by molar-refractivity contribution is -0.398. The van der Waals surface area contributed by atoms with E-state index in [1.807, 2.05) is 5.43 Å². The Morgan fingerprint density at radius 2 is 2.00 bits per heavy atom. The van der Waals surface area contributed by atoms with Crippen LogP contribution in [0.5, 0.6) is 5.75 Å². The van der Waals surface area contributed by atoms with Crippen molar-refractivity contribution < 1.29 is 28.0 Å². The Labute approximate surface area is 160 Å². The second-order valence-electron chi connectivity index (χ2n) is 5.33. The van der Waals surface area contributed by atoms with E-state index in [1.54, 1.807) is 0 Å². The largest absolute Gasteiger partial charge is 0.867 e. The zero-order valence-electron chi connectivity index (χ0n) is 13.8. The third-order valence-electron chi connectivity index (χ3n) is 3.30. The molecule has 148 valence electrons. The summed E-state index contributed by atoms with van der Waals surface area (Å²) < 4.78 is 37.9. The Balaban J connectivity index is 1.97. The quantitative estimate of drug-likeness (QED) is 0.427. The average molecular weight is 416 g/mol. The van der Waals surface area contributed by atoms with Crippen LogP contribution in [-0.4, -0.2) is 23.6 Å². The van der Waals surface area contributed by atoms with E-state index in [0.717, 1.165) is 30.5 Å². The molecule has 2 aromatic carbocycles. The number of hydrazone groups is 1. The first-order valence-corrected chi connectivity index (χ1v) is 7.83.